The van der Waals surface area contributed by atoms with Crippen LogP contribution in [0.15, 0.2) is 18.2 Å². The molecule has 0 radical (unpaired) electrons. The van der Waals surface area contributed by atoms with Gasteiger partial charge in [0, 0.05) is 21.9 Å². The summed E-state index contributed by atoms with van der Waals surface area (Å²) in [5, 5.41) is 10.6. The molecule has 0 saturated carbocycles. The maximum atomic E-state index is 11.3. The van der Waals surface area contributed by atoms with E-state index in [0.717, 1.165) is 6.26 Å². The minimum Gasteiger partial charge on any atom is -0.386 e. The molecule has 0 spiro atoms. The number of sulfone groups is 1. The molecule has 0 aliphatic heterocycles. The van der Waals surface area contributed by atoms with Gasteiger partial charge in [-0.3, -0.25) is 0 Å². The molecule has 1 N–H and O–H groups in total. The van der Waals surface area contributed by atoms with Crippen molar-refractivity contribution < 1.29 is 13.5 Å². The van der Waals surface area contributed by atoms with E-state index < -0.39 is 19.2 Å². The third-order valence-corrected chi connectivity index (χ3v) is 7.03. The van der Waals surface area contributed by atoms with Crippen LogP contribution in [0.3, 0.4) is 0 Å². The third kappa shape index (κ3) is 3.46. The van der Waals surface area contributed by atoms with Gasteiger partial charge in [-0.2, -0.15) is 0 Å². The van der Waals surface area contributed by atoms with Crippen LogP contribution in [-0.4, -0.2) is 23.0 Å². The highest BCUT2D eigenvalue weighted by atomic mass is 127. The number of rotatable bonds is 3. The van der Waals surface area contributed by atoms with Crippen molar-refractivity contribution in [3.05, 3.63) is 33.8 Å². The third-order valence-electron chi connectivity index (χ3n) is 1.94. The van der Waals surface area contributed by atoms with E-state index in [4.69, 9.17) is 23.2 Å². The normalized spacial score (nSPS) is 15.8. The molecule has 2 atom stereocenters. The molecule has 0 amide bonds. The molecule has 0 aromatic heterocycles. The molecular weight excluding hydrogens is 386 g/mol. The Hall–Kier alpha value is 0.440. The number of halogens is 3. The highest BCUT2D eigenvalue weighted by Gasteiger charge is 2.28. The van der Waals surface area contributed by atoms with Crippen LogP contribution < -0.4 is 0 Å². The molecule has 0 fully saturated rings. The molecule has 2 unspecified atom stereocenters. The van der Waals surface area contributed by atoms with Crippen molar-refractivity contribution in [1.82, 2.24) is 0 Å². The van der Waals surface area contributed by atoms with Crippen LogP contribution in [0.4, 0.5) is 0 Å². The lowest BCUT2D eigenvalue weighted by molar-refractivity contribution is 0.197. The average molecular weight is 395 g/mol. The summed E-state index contributed by atoms with van der Waals surface area (Å²) in [6.07, 6.45) is -0.0997. The molecule has 16 heavy (non-hydrogen) atoms. The lowest BCUT2D eigenvalue weighted by Gasteiger charge is -2.17. The van der Waals surface area contributed by atoms with Gasteiger partial charge in [0.1, 0.15) is 9.36 Å². The second-order valence-electron chi connectivity index (χ2n) is 3.29. The average Bonchev–Trinajstić information content (AvgIpc) is 2.14. The van der Waals surface area contributed by atoms with Gasteiger partial charge in [-0.15, -0.1) is 0 Å². The topological polar surface area (TPSA) is 54.4 Å². The molecule has 1 aromatic carbocycles. The van der Waals surface area contributed by atoms with Crippen molar-refractivity contribution in [3.8, 4) is 0 Å². The summed E-state index contributed by atoms with van der Waals surface area (Å²) in [7, 11) is -3.33. The molecule has 0 aliphatic carbocycles. The lowest BCUT2D eigenvalue weighted by Crippen LogP contribution is -2.21. The van der Waals surface area contributed by atoms with Gasteiger partial charge in [0.15, 0.2) is 9.84 Å². The van der Waals surface area contributed by atoms with Crippen LogP contribution in [0.1, 0.15) is 11.7 Å². The Morgan fingerprint density at radius 2 is 1.94 bits per heavy atom. The summed E-state index contributed by atoms with van der Waals surface area (Å²) in [5.74, 6) is 0. The highest BCUT2D eigenvalue weighted by molar-refractivity contribution is 14.1. The zero-order valence-corrected chi connectivity index (χ0v) is 12.7. The maximum absolute atomic E-state index is 11.3. The monoisotopic (exact) mass is 394 g/mol. The van der Waals surface area contributed by atoms with Crippen molar-refractivity contribution in [2.45, 2.75) is 9.36 Å². The lowest BCUT2D eigenvalue weighted by atomic mass is 10.1. The van der Waals surface area contributed by atoms with E-state index in [1.54, 1.807) is 28.7 Å². The van der Waals surface area contributed by atoms with Gasteiger partial charge < -0.3 is 5.11 Å². The van der Waals surface area contributed by atoms with E-state index in [-0.39, 0.29) is 5.02 Å². The zero-order valence-electron chi connectivity index (χ0n) is 8.19. The summed E-state index contributed by atoms with van der Waals surface area (Å²) in [6.45, 7) is 0. The molecule has 90 valence electrons. The second kappa shape index (κ2) is 5.39. The number of benzene rings is 1. The van der Waals surface area contributed by atoms with Crippen LogP contribution in [0.5, 0.6) is 0 Å². The van der Waals surface area contributed by atoms with Gasteiger partial charge in [-0.25, -0.2) is 8.42 Å². The molecular formula is C9H9Cl2IO3S. The van der Waals surface area contributed by atoms with E-state index in [1.807, 2.05) is 0 Å². The first-order chi connectivity index (χ1) is 7.23. The van der Waals surface area contributed by atoms with Gasteiger partial charge in [0.25, 0.3) is 0 Å². The fraction of sp³-hybridized carbons (Fsp3) is 0.333. The molecule has 0 aliphatic rings. The van der Waals surface area contributed by atoms with Gasteiger partial charge in [0.05, 0.1) is 0 Å². The molecule has 1 aromatic rings. The minimum atomic E-state index is -3.33. The number of aliphatic hydroxyl groups excluding tert-OH is 1. The molecule has 1 rings (SSSR count). The van der Waals surface area contributed by atoms with Crippen LogP contribution in [0, 0.1) is 0 Å². The van der Waals surface area contributed by atoms with E-state index in [2.05, 4.69) is 0 Å². The van der Waals surface area contributed by atoms with Crippen molar-refractivity contribution in [1.29, 1.82) is 0 Å². The number of aliphatic hydroxyl groups is 1. The largest absolute Gasteiger partial charge is 0.386 e. The fourth-order valence-corrected chi connectivity index (χ4v) is 2.64. The Balaban J connectivity index is 3.10. The summed E-state index contributed by atoms with van der Waals surface area (Å²) in [6, 6.07) is 4.54. The number of alkyl halides is 1. The summed E-state index contributed by atoms with van der Waals surface area (Å²) >= 11 is 13.3. The first-order valence-corrected chi connectivity index (χ1v) is 8.15. The molecule has 0 saturated heterocycles. The van der Waals surface area contributed by atoms with Crippen LogP contribution in [-0.2, 0) is 9.84 Å². The van der Waals surface area contributed by atoms with Crippen LogP contribution in [0.2, 0.25) is 10.0 Å². The molecule has 7 heteroatoms. The Labute approximate surface area is 118 Å². The zero-order chi connectivity index (χ0) is 12.5. The summed E-state index contributed by atoms with van der Waals surface area (Å²) in [4.78, 5) is 0. The fourth-order valence-electron chi connectivity index (χ4n) is 1.12. The molecule has 0 bridgehead atoms. The van der Waals surface area contributed by atoms with Crippen molar-refractivity contribution in [2.75, 3.05) is 6.26 Å². The molecule has 0 heterocycles. The van der Waals surface area contributed by atoms with Crippen molar-refractivity contribution >= 4 is 55.6 Å². The van der Waals surface area contributed by atoms with Gasteiger partial charge in [0.2, 0.25) is 0 Å². The summed E-state index contributed by atoms with van der Waals surface area (Å²) < 4.78 is 21.6. The van der Waals surface area contributed by atoms with E-state index in [9.17, 15) is 13.5 Å². The van der Waals surface area contributed by atoms with Crippen LogP contribution >= 0.6 is 45.8 Å². The first-order valence-electron chi connectivity index (χ1n) is 4.19. The smallest absolute Gasteiger partial charge is 0.162 e. The standard InChI is InChI=1S/C9H9Cl2IO3S/c1-16(14,15)9(12)8(13)6-3-2-5(10)4-7(6)11/h2-4,8-9,13H,1H3. The van der Waals surface area contributed by atoms with Crippen molar-refractivity contribution in [3.63, 3.8) is 0 Å². The minimum absolute atomic E-state index is 0.255. The molecule has 3 nitrogen and oxygen atoms in total. The second-order valence-corrected chi connectivity index (χ2v) is 8.49. The van der Waals surface area contributed by atoms with Crippen molar-refractivity contribution in [2.24, 2.45) is 0 Å². The Kier molecular flexibility index (Phi) is 4.88. The Morgan fingerprint density at radius 1 is 1.38 bits per heavy atom. The van der Waals surface area contributed by atoms with Gasteiger partial charge >= 0.3 is 0 Å². The van der Waals surface area contributed by atoms with E-state index in [1.165, 1.54) is 12.1 Å². The van der Waals surface area contributed by atoms with Gasteiger partial charge in [-0.1, -0.05) is 51.9 Å². The van der Waals surface area contributed by atoms with E-state index in [0.29, 0.717) is 10.6 Å². The predicted octanol–water partition coefficient (Wildman–Crippen LogP) is 2.83. The number of hydrogen-bond acceptors (Lipinski definition) is 3. The Bertz CT molecular complexity index is 490. The maximum Gasteiger partial charge on any atom is 0.162 e. The first kappa shape index (κ1) is 14.5. The quantitative estimate of drug-likeness (QED) is 0.633. The van der Waals surface area contributed by atoms with E-state index >= 15 is 0 Å². The Morgan fingerprint density at radius 3 is 2.38 bits per heavy atom. The van der Waals surface area contributed by atoms with Crippen LogP contribution in [0.25, 0.3) is 0 Å². The summed E-state index contributed by atoms with van der Waals surface area (Å²) in [5.41, 5.74) is 0.357. The SMILES string of the molecule is CS(=O)(=O)C(I)C(O)c1ccc(Cl)cc1Cl. The number of hydrogen-bond donors (Lipinski definition) is 1. The van der Waals surface area contributed by atoms with Gasteiger partial charge in [-0.05, 0) is 12.1 Å². The predicted molar refractivity (Wildman–Crippen MR) is 74.1 cm³/mol. The highest BCUT2D eigenvalue weighted by Crippen LogP contribution is 2.32.